The molecule has 1 aromatic rings. The molecule has 112 valence electrons. The van der Waals surface area contributed by atoms with Gasteiger partial charge in [-0.3, -0.25) is 0 Å². The molecule has 6 nitrogen and oxygen atoms in total. The van der Waals surface area contributed by atoms with Crippen LogP contribution in [0.5, 0.6) is 0 Å². The Bertz CT molecular complexity index is 499. The van der Waals surface area contributed by atoms with Crippen molar-refractivity contribution >= 4 is 23.3 Å². The fraction of sp³-hybridized carbons (Fsp3) is 0.615. The van der Waals surface area contributed by atoms with Crippen LogP contribution in [0.25, 0.3) is 0 Å². The molecule has 0 bridgehead atoms. The molecule has 0 aliphatic rings. The van der Waals surface area contributed by atoms with E-state index in [1.807, 2.05) is 13.8 Å². The van der Waals surface area contributed by atoms with Crippen molar-refractivity contribution in [3.63, 3.8) is 0 Å². The van der Waals surface area contributed by atoms with E-state index in [0.717, 1.165) is 16.3 Å². The van der Waals surface area contributed by atoms with Crippen LogP contribution >= 0.6 is 11.3 Å². The third-order valence-corrected chi connectivity index (χ3v) is 4.62. The van der Waals surface area contributed by atoms with E-state index in [2.05, 4.69) is 10.3 Å². The fourth-order valence-corrected chi connectivity index (χ4v) is 2.29. The highest BCUT2D eigenvalue weighted by Gasteiger charge is 2.35. The highest BCUT2D eigenvalue weighted by atomic mass is 32.1. The first kappa shape index (κ1) is 16.4. The number of hydrogen-bond acceptors (Lipinski definition) is 4. The Labute approximate surface area is 122 Å². The summed E-state index contributed by atoms with van der Waals surface area (Å²) in [5.41, 5.74) is -1.26. The van der Waals surface area contributed by atoms with Crippen molar-refractivity contribution in [1.29, 1.82) is 0 Å². The number of carboxylic acids is 1. The number of amides is 2. The van der Waals surface area contributed by atoms with Crippen molar-refractivity contribution in [2.24, 2.45) is 0 Å². The van der Waals surface area contributed by atoms with Gasteiger partial charge in [0.2, 0.25) is 0 Å². The van der Waals surface area contributed by atoms with Crippen LogP contribution in [-0.4, -0.2) is 39.6 Å². The Morgan fingerprint density at radius 3 is 2.60 bits per heavy atom. The molecular weight excluding hydrogens is 278 g/mol. The average Bonchev–Trinajstić information content (AvgIpc) is 2.86. The Morgan fingerprint density at radius 2 is 2.15 bits per heavy atom. The maximum atomic E-state index is 12.1. The van der Waals surface area contributed by atoms with Crippen LogP contribution in [0.1, 0.15) is 43.6 Å². The molecule has 1 rings (SSSR count). The number of hydrogen-bond donors (Lipinski definition) is 2. The summed E-state index contributed by atoms with van der Waals surface area (Å²) < 4.78 is 0. The number of aliphatic carboxylic acids is 1. The van der Waals surface area contributed by atoms with Gasteiger partial charge in [0, 0.05) is 18.1 Å². The van der Waals surface area contributed by atoms with Gasteiger partial charge in [0.25, 0.3) is 0 Å². The Morgan fingerprint density at radius 1 is 1.55 bits per heavy atom. The van der Waals surface area contributed by atoms with Gasteiger partial charge >= 0.3 is 12.0 Å². The number of likely N-dealkylation sites (N-methyl/N-ethyl adjacent to an activating group) is 1. The zero-order valence-electron chi connectivity index (χ0n) is 12.4. The minimum Gasteiger partial charge on any atom is -0.480 e. The van der Waals surface area contributed by atoms with Gasteiger partial charge in [0.15, 0.2) is 0 Å². The first-order valence-corrected chi connectivity index (χ1v) is 7.24. The number of carbonyl (C=O) groups excluding carboxylic acids is 1. The minimum absolute atomic E-state index is 0.250. The molecule has 0 aliphatic heterocycles. The molecule has 0 saturated carbocycles. The van der Waals surface area contributed by atoms with Crippen molar-refractivity contribution in [2.45, 2.75) is 45.7 Å². The Balaban J connectivity index is 2.72. The smallest absolute Gasteiger partial charge is 0.329 e. The van der Waals surface area contributed by atoms with Crippen LogP contribution in [0, 0.1) is 0 Å². The maximum absolute atomic E-state index is 12.1. The maximum Gasteiger partial charge on any atom is 0.329 e. The minimum atomic E-state index is -1.26. The van der Waals surface area contributed by atoms with Gasteiger partial charge in [-0.05, 0) is 27.2 Å². The number of nitrogens with zero attached hydrogens (tertiary/aromatic N) is 2. The van der Waals surface area contributed by atoms with Gasteiger partial charge in [-0.25, -0.2) is 14.6 Å². The van der Waals surface area contributed by atoms with Crippen molar-refractivity contribution in [1.82, 2.24) is 15.2 Å². The lowest BCUT2D eigenvalue weighted by atomic mass is 10.1. The number of aromatic nitrogens is 1. The Hall–Kier alpha value is -1.63. The van der Waals surface area contributed by atoms with Gasteiger partial charge in [-0.15, -0.1) is 11.3 Å². The van der Waals surface area contributed by atoms with E-state index >= 15 is 0 Å². The highest BCUT2D eigenvalue weighted by Crippen LogP contribution is 2.21. The van der Waals surface area contributed by atoms with Crippen LogP contribution in [0.3, 0.4) is 0 Å². The van der Waals surface area contributed by atoms with Gasteiger partial charge in [0.05, 0.1) is 6.04 Å². The van der Waals surface area contributed by atoms with Crippen LogP contribution in [0.4, 0.5) is 4.79 Å². The molecule has 0 fully saturated rings. The number of thiazole rings is 1. The van der Waals surface area contributed by atoms with E-state index in [1.165, 1.54) is 25.8 Å². The van der Waals surface area contributed by atoms with Gasteiger partial charge in [-0.2, -0.15) is 0 Å². The lowest BCUT2D eigenvalue weighted by Crippen LogP contribution is -2.54. The molecule has 1 heterocycles. The normalized spacial score (nSPS) is 12.8. The predicted molar refractivity (Wildman–Crippen MR) is 77.9 cm³/mol. The molecule has 1 unspecified atom stereocenters. The lowest BCUT2D eigenvalue weighted by Gasteiger charge is -2.32. The second-order valence-corrected chi connectivity index (χ2v) is 6.26. The van der Waals surface area contributed by atoms with E-state index in [0.29, 0.717) is 0 Å². The largest absolute Gasteiger partial charge is 0.480 e. The second-order valence-electron chi connectivity index (χ2n) is 5.11. The van der Waals surface area contributed by atoms with E-state index < -0.39 is 17.5 Å². The Kier molecular flexibility index (Phi) is 5.10. The summed E-state index contributed by atoms with van der Waals surface area (Å²) in [5, 5.41) is 12.7. The fourth-order valence-electron chi connectivity index (χ4n) is 1.43. The summed E-state index contributed by atoms with van der Waals surface area (Å²) in [6, 6.07) is -0.682. The number of rotatable bonds is 5. The number of urea groups is 1. The molecule has 0 spiro atoms. The third kappa shape index (κ3) is 3.47. The van der Waals surface area contributed by atoms with Crippen LogP contribution in [-0.2, 0) is 11.2 Å². The van der Waals surface area contributed by atoms with E-state index in [-0.39, 0.29) is 6.04 Å². The van der Waals surface area contributed by atoms with Crippen LogP contribution in [0.2, 0.25) is 0 Å². The number of nitrogens with one attached hydrogen (secondary N) is 1. The number of aryl methyl sites for hydroxylation is 1. The predicted octanol–water partition coefficient (Wildman–Crippen LogP) is 2.27. The van der Waals surface area contributed by atoms with E-state index in [4.69, 9.17) is 5.11 Å². The van der Waals surface area contributed by atoms with Crippen LogP contribution in [0.15, 0.2) is 6.20 Å². The zero-order valence-corrected chi connectivity index (χ0v) is 13.2. The van der Waals surface area contributed by atoms with Crippen molar-refractivity contribution in [2.75, 3.05) is 7.05 Å². The lowest BCUT2D eigenvalue weighted by molar-refractivity contribution is -0.146. The van der Waals surface area contributed by atoms with Crippen LogP contribution < -0.4 is 5.32 Å². The van der Waals surface area contributed by atoms with E-state index in [9.17, 15) is 9.59 Å². The molecule has 0 radical (unpaired) electrons. The monoisotopic (exact) mass is 299 g/mol. The summed E-state index contributed by atoms with van der Waals surface area (Å²) in [6.07, 6.45) is 2.71. The molecule has 0 aromatic carbocycles. The van der Waals surface area contributed by atoms with Crippen molar-refractivity contribution < 1.29 is 14.7 Å². The van der Waals surface area contributed by atoms with E-state index in [1.54, 1.807) is 17.5 Å². The molecule has 0 saturated heterocycles. The summed E-state index contributed by atoms with van der Waals surface area (Å²) >= 11 is 1.55. The van der Waals surface area contributed by atoms with Gasteiger partial charge in [-0.1, -0.05) is 6.92 Å². The summed E-state index contributed by atoms with van der Waals surface area (Å²) in [6.45, 7) is 6.85. The first-order valence-electron chi connectivity index (χ1n) is 6.42. The molecule has 2 amide bonds. The molecule has 1 atom stereocenters. The number of carbonyl (C=O) groups is 2. The summed E-state index contributed by atoms with van der Waals surface area (Å²) in [5.74, 6) is -1.05. The third-order valence-electron chi connectivity index (χ3n) is 3.30. The SMILES string of the molecule is CCc1cnc(C(C)NC(=O)N(C)C(C)(C)C(=O)O)s1. The standard InChI is InChI=1S/C13H21N3O3S/c1-6-9-7-14-10(20-9)8(2)15-12(19)16(5)13(3,4)11(17)18/h7-8H,6H2,1-5H3,(H,15,19)(H,17,18). The number of carboxylic acid groups (broad SMARTS) is 1. The molecule has 7 heteroatoms. The average molecular weight is 299 g/mol. The molecule has 20 heavy (non-hydrogen) atoms. The van der Waals surface area contributed by atoms with Gasteiger partial charge in [0.1, 0.15) is 10.5 Å². The quantitative estimate of drug-likeness (QED) is 0.873. The van der Waals surface area contributed by atoms with Crippen molar-refractivity contribution in [3.8, 4) is 0 Å². The summed E-state index contributed by atoms with van der Waals surface area (Å²) in [7, 11) is 1.47. The zero-order chi connectivity index (χ0) is 15.5. The van der Waals surface area contributed by atoms with Crippen molar-refractivity contribution in [3.05, 3.63) is 16.1 Å². The molecule has 2 N–H and O–H groups in total. The molecule has 0 aliphatic carbocycles. The highest BCUT2D eigenvalue weighted by molar-refractivity contribution is 7.11. The topological polar surface area (TPSA) is 82.5 Å². The molecular formula is C13H21N3O3S. The second kappa shape index (κ2) is 6.21. The first-order chi connectivity index (χ1) is 9.20. The van der Waals surface area contributed by atoms with Gasteiger partial charge < -0.3 is 15.3 Å². The molecule has 1 aromatic heterocycles. The summed E-state index contributed by atoms with van der Waals surface area (Å²) in [4.78, 5) is 29.8.